The fourth-order valence-electron chi connectivity index (χ4n) is 2.93. The predicted molar refractivity (Wildman–Crippen MR) is 89.5 cm³/mol. The van der Waals surface area contributed by atoms with E-state index < -0.39 is 17.9 Å². The highest BCUT2D eigenvalue weighted by molar-refractivity contribution is 6.07. The number of carbonyl (C=O) groups is 1. The van der Waals surface area contributed by atoms with Crippen molar-refractivity contribution in [3.8, 4) is 11.8 Å². The molecule has 2 aromatic heterocycles. The van der Waals surface area contributed by atoms with Gasteiger partial charge >= 0.3 is 0 Å². The van der Waals surface area contributed by atoms with Gasteiger partial charge in [-0.2, -0.15) is 15.5 Å². The lowest BCUT2D eigenvalue weighted by Crippen LogP contribution is -2.14. The molecule has 0 saturated carbocycles. The second-order valence-corrected chi connectivity index (χ2v) is 5.88. The Kier molecular flexibility index (Phi) is 4.27. The van der Waals surface area contributed by atoms with Crippen LogP contribution in [0.1, 0.15) is 33.7 Å². The van der Waals surface area contributed by atoms with Gasteiger partial charge in [-0.3, -0.25) is 9.48 Å². The number of ether oxygens (including phenoxy) is 2. The normalized spacial score (nSPS) is 14.4. The van der Waals surface area contributed by atoms with E-state index in [4.69, 9.17) is 14.7 Å². The Balaban J connectivity index is 1.78. The monoisotopic (exact) mass is 367 g/mol. The minimum absolute atomic E-state index is 0.118. The number of nitriles is 1. The molecule has 3 heterocycles. The summed E-state index contributed by atoms with van der Waals surface area (Å²) in [5, 5.41) is 17.3. The number of hydrogen-bond acceptors (Lipinski definition) is 6. The number of halogens is 1. The number of rotatable bonds is 4. The van der Waals surface area contributed by atoms with Gasteiger partial charge in [0, 0.05) is 18.7 Å². The molecule has 9 heteroatoms. The van der Waals surface area contributed by atoms with E-state index in [9.17, 15) is 9.18 Å². The van der Waals surface area contributed by atoms with Crippen LogP contribution in [-0.4, -0.2) is 38.6 Å². The quantitative estimate of drug-likeness (QED) is 0.654. The summed E-state index contributed by atoms with van der Waals surface area (Å²) in [6.45, 7) is 0.798. The fraction of sp³-hybridized carbons (Fsp3) is 0.222. The zero-order valence-electron chi connectivity index (χ0n) is 14.3. The highest BCUT2D eigenvalue weighted by atomic mass is 19.1. The van der Waals surface area contributed by atoms with Crippen molar-refractivity contribution in [3.63, 3.8) is 0 Å². The molecule has 0 amide bonds. The molecule has 4 rings (SSSR count). The van der Waals surface area contributed by atoms with E-state index in [0.717, 1.165) is 0 Å². The minimum Gasteiger partial charge on any atom is -0.346 e. The highest BCUT2D eigenvalue weighted by Gasteiger charge is 2.26. The molecule has 1 fully saturated rings. The fourth-order valence-corrected chi connectivity index (χ4v) is 2.93. The number of hydrogen-bond donors (Lipinski definition) is 0. The van der Waals surface area contributed by atoms with Crippen molar-refractivity contribution >= 4 is 5.78 Å². The van der Waals surface area contributed by atoms with Crippen LogP contribution in [0, 0.1) is 17.1 Å². The summed E-state index contributed by atoms with van der Waals surface area (Å²) in [5.41, 5.74) is 1.51. The molecule has 0 unspecified atom stereocenters. The van der Waals surface area contributed by atoms with Gasteiger partial charge in [0.2, 0.25) is 5.78 Å². The van der Waals surface area contributed by atoms with Crippen LogP contribution in [0.4, 0.5) is 4.39 Å². The van der Waals surface area contributed by atoms with Crippen molar-refractivity contribution in [2.24, 2.45) is 7.05 Å². The number of carbonyl (C=O) groups excluding carboxylic acids is 1. The lowest BCUT2D eigenvalue weighted by atomic mass is 10.1. The van der Waals surface area contributed by atoms with Gasteiger partial charge in [0.1, 0.15) is 29.0 Å². The maximum atomic E-state index is 13.8. The summed E-state index contributed by atoms with van der Waals surface area (Å²) in [6.07, 6.45) is 0.730. The Morgan fingerprint density at radius 3 is 2.78 bits per heavy atom. The first-order chi connectivity index (χ1) is 13.1. The molecule has 8 nitrogen and oxygen atoms in total. The molecule has 0 aliphatic carbocycles. The molecule has 136 valence electrons. The van der Waals surface area contributed by atoms with E-state index in [1.54, 1.807) is 7.05 Å². The standard InChI is InChI=1S/C18H14FN5O3/c1-23-12(10-20)9-14(22-23)17(25)16-4-5-21-24(16)15-3-2-11(19)8-13(15)18-26-6-7-27-18/h2-5,8-9,18H,6-7H2,1H3. The van der Waals surface area contributed by atoms with E-state index >= 15 is 0 Å². The van der Waals surface area contributed by atoms with Crippen molar-refractivity contribution in [3.05, 3.63) is 65.0 Å². The van der Waals surface area contributed by atoms with Crippen LogP contribution in [0.25, 0.3) is 5.69 Å². The Labute approximate surface area is 153 Å². The summed E-state index contributed by atoms with van der Waals surface area (Å²) in [7, 11) is 1.58. The summed E-state index contributed by atoms with van der Waals surface area (Å²) in [4.78, 5) is 12.9. The van der Waals surface area contributed by atoms with Crippen LogP contribution < -0.4 is 0 Å². The van der Waals surface area contributed by atoms with Gasteiger partial charge in [0.25, 0.3) is 0 Å². The Hall–Kier alpha value is -3.35. The molecule has 3 aromatic rings. The summed E-state index contributed by atoms with van der Waals surface area (Å²) in [5.74, 6) is -0.857. The average Bonchev–Trinajstić information content (AvgIpc) is 3.41. The van der Waals surface area contributed by atoms with Crippen LogP contribution in [0.3, 0.4) is 0 Å². The van der Waals surface area contributed by atoms with Crippen LogP contribution in [0.5, 0.6) is 0 Å². The molecule has 0 spiro atoms. The molecule has 0 N–H and O–H groups in total. The number of nitrogens with zero attached hydrogens (tertiary/aromatic N) is 5. The summed E-state index contributed by atoms with van der Waals surface area (Å²) in [6, 6.07) is 9.00. The lowest BCUT2D eigenvalue weighted by molar-refractivity contribution is -0.0443. The van der Waals surface area contributed by atoms with E-state index in [-0.39, 0.29) is 17.1 Å². The van der Waals surface area contributed by atoms with Crippen molar-refractivity contribution in [2.45, 2.75) is 6.29 Å². The SMILES string of the molecule is Cn1nc(C(=O)c2ccnn2-c2ccc(F)cc2C2OCCO2)cc1C#N. The van der Waals surface area contributed by atoms with Crippen molar-refractivity contribution in [1.29, 1.82) is 5.26 Å². The number of aromatic nitrogens is 4. The molecule has 0 atom stereocenters. The second kappa shape index (κ2) is 6.75. The van der Waals surface area contributed by atoms with E-state index in [1.165, 1.54) is 45.9 Å². The predicted octanol–water partition coefficient (Wildman–Crippen LogP) is 1.89. The van der Waals surface area contributed by atoms with Crippen LogP contribution in [0.2, 0.25) is 0 Å². The summed E-state index contributed by atoms with van der Waals surface area (Å²) >= 11 is 0. The highest BCUT2D eigenvalue weighted by Crippen LogP contribution is 2.30. The first-order valence-corrected chi connectivity index (χ1v) is 8.14. The third-order valence-electron chi connectivity index (χ3n) is 4.20. The van der Waals surface area contributed by atoms with Gasteiger partial charge in [0.15, 0.2) is 6.29 Å². The Morgan fingerprint density at radius 2 is 2.07 bits per heavy atom. The smallest absolute Gasteiger partial charge is 0.231 e. The van der Waals surface area contributed by atoms with Gasteiger partial charge in [-0.25, -0.2) is 9.07 Å². The first kappa shape index (κ1) is 17.1. The number of benzene rings is 1. The molecule has 0 radical (unpaired) electrons. The molecule has 1 aromatic carbocycles. The Bertz CT molecular complexity index is 1060. The maximum Gasteiger partial charge on any atom is 0.231 e. The number of aryl methyl sites for hydroxylation is 1. The third kappa shape index (κ3) is 3.01. The molecule has 1 aliphatic heterocycles. The maximum absolute atomic E-state index is 13.8. The van der Waals surface area contributed by atoms with Gasteiger partial charge in [-0.15, -0.1) is 0 Å². The van der Waals surface area contributed by atoms with E-state index in [0.29, 0.717) is 24.5 Å². The Morgan fingerprint density at radius 1 is 1.30 bits per heavy atom. The van der Waals surface area contributed by atoms with E-state index in [2.05, 4.69) is 10.2 Å². The second-order valence-electron chi connectivity index (χ2n) is 5.88. The minimum atomic E-state index is -0.733. The molecular formula is C18H14FN5O3. The average molecular weight is 367 g/mol. The van der Waals surface area contributed by atoms with Crippen molar-refractivity contribution in [1.82, 2.24) is 19.6 Å². The van der Waals surface area contributed by atoms with Gasteiger partial charge in [0.05, 0.1) is 25.1 Å². The van der Waals surface area contributed by atoms with Gasteiger partial charge in [-0.1, -0.05) is 0 Å². The lowest BCUT2D eigenvalue weighted by Gasteiger charge is -2.16. The van der Waals surface area contributed by atoms with Crippen LogP contribution in [0.15, 0.2) is 36.5 Å². The topological polar surface area (TPSA) is 95.0 Å². The first-order valence-electron chi connectivity index (χ1n) is 8.14. The van der Waals surface area contributed by atoms with Crippen LogP contribution >= 0.6 is 0 Å². The molecule has 1 aliphatic rings. The van der Waals surface area contributed by atoms with Crippen molar-refractivity contribution in [2.75, 3.05) is 13.2 Å². The summed E-state index contributed by atoms with van der Waals surface area (Å²) < 4.78 is 27.5. The van der Waals surface area contributed by atoms with Crippen molar-refractivity contribution < 1.29 is 18.7 Å². The van der Waals surface area contributed by atoms with Crippen LogP contribution in [-0.2, 0) is 16.5 Å². The molecule has 27 heavy (non-hydrogen) atoms. The molecule has 1 saturated heterocycles. The molecule has 0 bridgehead atoms. The van der Waals surface area contributed by atoms with Gasteiger partial charge in [-0.05, 0) is 24.3 Å². The number of ketones is 1. The zero-order valence-corrected chi connectivity index (χ0v) is 14.3. The zero-order chi connectivity index (χ0) is 19.0. The largest absolute Gasteiger partial charge is 0.346 e. The third-order valence-corrected chi connectivity index (χ3v) is 4.20. The molecular weight excluding hydrogens is 353 g/mol. The van der Waals surface area contributed by atoms with E-state index in [1.807, 2.05) is 6.07 Å². The van der Waals surface area contributed by atoms with Gasteiger partial charge < -0.3 is 9.47 Å².